The van der Waals surface area contributed by atoms with E-state index in [1.807, 2.05) is 44.2 Å². The van der Waals surface area contributed by atoms with Crippen molar-refractivity contribution in [2.45, 2.75) is 64.1 Å². The molecule has 0 saturated carbocycles. The molecule has 2 aromatic rings. The maximum Gasteiger partial charge on any atom is 0.325 e. The Morgan fingerprint density at radius 3 is 2.06 bits per heavy atom. The second-order valence-electron chi connectivity index (χ2n) is 8.89. The Kier molecular flexibility index (Phi) is 8.26. The zero-order valence-electron chi connectivity index (χ0n) is 19.2. The molecule has 0 heterocycles. The van der Waals surface area contributed by atoms with E-state index in [2.05, 4.69) is 0 Å². The van der Waals surface area contributed by atoms with Crippen LogP contribution >= 0.6 is 0 Å². The predicted octanol–water partition coefficient (Wildman–Crippen LogP) is 4.64. The Hall–Kier alpha value is -2.38. The van der Waals surface area contributed by atoms with Crippen LogP contribution in [-0.4, -0.2) is 37.4 Å². The lowest BCUT2D eigenvalue weighted by molar-refractivity contribution is -0.160. The molecule has 0 aliphatic carbocycles. The summed E-state index contributed by atoms with van der Waals surface area (Å²) in [6.45, 7) is 9.30. The largest absolute Gasteiger partial charge is 0.497 e. The molecule has 31 heavy (non-hydrogen) atoms. The third-order valence-electron chi connectivity index (χ3n) is 4.57. The van der Waals surface area contributed by atoms with Gasteiger partial charge >= 0.3 is 5.97 Å². The number of carbonyl (C=O) groups excluding carboxylic acids is 1. The van der Waals surface area contributed by atoms with Gasteiger partial charge in [0.1, 0.15) is 17.4 Å². The maximum absolute atomic E-state index is 13.7. The van der Waals surface area contributed by atoms with E-state index in [0.717, 1.165) is 5.56 Å². The van der Waals surface area contributed by atoms with Crippen LogP contribution in [0.1, 0.15) is 46.6 Å². The summed E-state index contributed by atoms with van der Waals surface area (Å²) in [4.78, 5) is 13.3. The molecule has 0 unspecified atom stereocenters. The Labute approximate surface area is 186 Å². The van der Waals surface area contributed by atoms with E-state index < -0.39 is 27.6 Å². The third-order valence-corrected chi connectivity index (χ3v) is 6.44. The quantitative estimate of drug-likeness (QED) is 0.524. The summed E-state index contributed by atoms with van der Waals surface area (Å²) in [5.41, 5.74) is 0.0612. The molecule has 0 aliphatic heterocycles. The topological polar surface area (TPSA) is 72.9 Å². The molecule has 7 heteroatoms. The minimum absolute atomic E-state index is 0.0613. The second-order valence-corrected chi connectivity index (χ2v) is 10.8. The summed E-state index contributed by atoms with van der Waals surface area (Å²) < 4.78 is 39.4. The fourth-order valence-electron chi connectivity index (χ4n) is 3.16. The molecule has 0 radical (unpaired) electrons. The first-order valence-corrected chi connectivity index (χ1v) is 11.8. The molecule has 0 spiro atoms. The highest BCUT2D eigenvalue weighted by Gasteiger charge is 2.38. The molecule has 6 nitrogen and oxygen atoms in total. The number of rotatable bonds is 9. The van der Waals surface area contributed by atoms with Gasteiger partial charge in [0.05, 0.1) is 12.0 Å². The van der Waals surface area contributed by atoms with Gasteiger partial charge in [-0.15, -0.1) is 0 Å². The van der Waals surface area contributed by atoms with Crippen LogP contribution in [0.15, 0.2) is 59.5 Å². The van der Waals surface area contributed by atoms with Gasteiger partial charge in [-0.2, -0.15) is 4.31 Å². The molecule has 0 bridgehead atoms. The van der Waals surface area contributed by atoms with Crippen molar-refractivity contribution < 1.29 is 22.7 Å². The van der Waals surface area contributed by atoms with Crippen molar-refractivity contribution in [3.8, 4) is 5.75 Å². The van der Waals surface area contributed by atoms with E-state index >= 15 is 0 Å². The van der Waals surface area contributed by atoms with Crippen LogP contribution in [0.25, 0.3) is 0 Å². The number of esters is 1. The number of sulfonamides is 1. The van der Waals surface area contributed by atoms with Crippen LogP contribution in [0.2, 0.25) is 0 Å². The molecular weight excluding hydrogens is 414 g/mol. The SMILES string of the molecule is COc1ccc(S(=O)(=O)N(Cc2ccccc2)[C@H](CC(C)C)C(=O)OC(C)(C)C)cc1. The van der Waals surface area contributed by atoms with E-state index in [9.17, 15) is 13.2 Å². The monoisotopic (exact) mass is 447 g/mol. The van der Waals surface area contributed by atoms with E-state index in [1.165, 1.54) is 23.5 Å². The van der Waals surface area contributed by atoms with E-state index in [1.54, 1.807) is 32.9 Å². The first kappa shape index (κ1) is 24.9. The number of ether oxygens (including phenoxy) is 2. The highest BCUT2D eigenvalue weighted by Crippen LogP contribution is 2.27. The number of methoxy groups -OCH3 is 1. The first-order chi connectivity index (χ1) is 14.4. The zero-order chi connectivity index (χ0) is 23.2. The third kappa shape index (κ3) is 7.08. The van der Waals surface area contributed by atoms with Crippen LogP contribution < -0.4 is 4.74 Å². The fraction of sp³-hybridized carbons (Fsp3) is 0.458. The van der Waals surface area contributed by atoms with Gasteiger partial charge in [-0.25, -0.2) is 8.42 Å². The Balaban J connectivity index is 2.55. The summed E-state index contributed by atoms with van der Waals surface area (Å²) in [5, 5.41) is 0. The molecular formula is C24H33NO5S. The Morgan fingerprint density at radius 2 is 1.58 bits per heavy atom. The molecule has 2 aromatic carbocycles. The Morgan fingerprint density at radius 1 is 1.00 bits per heavy atom. The van der Waals surface area contributed by atoms with Crippen LogP contribution in [-0.2, 0) is 26.1 Å². The van der Waals surface area contributed by atoms with Gasteiger partial charge in [0.25, 0.3) is 0 Å². The lowest BCUT2D eigenvalue weighted by atomic mass is 10.0. The molecule has 0 aromatic heterocycles. The summed E-state index contributed by atoms with van der Waals surface area (Å²) in [7, 11) is -2.47. The lowest BCUT2D eigenvalue weighted by Gasteiger charge is -2.33. The summed E-state index contributed by atoms with van der Waals surface area (Å²) in [6, 6.07) is 14.5. The average Bonchev–Trinajstić information content (AvgIpc) is 2.69. The normalized spacial score (nSPS) is 13.3. The molecule has 0 saturated heterocycles. The van der Waals surface area contributed by atoms with Crippen molar-refractivity contribution in [1.82, 2.24) is 4.31 Å². The molecule has 1 atom stereocenters. The number of hydrogen-bond donors (Lipinski definition) is 0. The lowest BCUT2D eigenvalue weighted by Crippen LogP contribution is -2.47. The molecule has 0 fully saturated rings. The number of hydrogen-bond acceptors (Lipinski definition) is 5. The van der Waals surface area contributed by atoms with Gasteiger partial charge in [0, 0.05) is 6.54 Å². The predicted molar refractivity (Wildman–Crippen MR) is 121 cm³/mol. The highest BCUT2D eigenvalue weighted by atomic mass is 32.2. The van der Waals surface area contributed by atoms with Gasteiger partial charge in [-0.1, -0.05) is 44.2 Å². The van der Waals surface area contributed by atoms with Crippen LogP contribution in [0.5, 0.6) is 5.75 Å². The standard InChI is InChI=1S/C24H33NO5S/c1-18(2)16-22(23(26)30-24(3,4)5)25(17-19-10-8-7-9-11-19)31(27,28)21-14-12-20(29-6)13-15-21/h7-15,18,22H,16-17H2,1-6H3/t22-/m1/s1. The molecule has 0 N–H and O–H groups in total. The van der Waals surface area contributed by atoms with Crippen LogP contribution in [0, 0.1) is 5.92 Å². The van der Waals surface area contributed by atoms with Gasteiger partial charge in [0.15, 0.2) is 0 Å². The van der Waals surface area contributed by atoms with Crippen molar-refractivity contribution in [2.24, 2.45) is 5.92 Å². The number of carbonyl (C=O) groups is 1. The first-order valence-electron chi connectivity index (χ1n) is 10.4. The highest BCUT2D eigenvalue weighted by molar-refractivity contribution is 7.89. The van der Waals surface area contributed by atoms with Gasteiger partial charge in [-0.05, 0) is 62.9 Å². The van der Waals surface area contributed by atoms with E-state index in [-0.39, 0.29) is 17.4 Å². The van der Waals surface area contributed by atoms with Crippen molar-refractivity contribution in [3.05, 3.63) is 60.2 Å². The van der Waals surface area contributed by atoms with Gasteiger partial charge in [0.2, 0.25) is 10.0 Å². The van der Waals surface area contributed by atoms with Crippen molar-refractivity contribution in [2.75, 3.05) is 7.11 Å². The molecule has 2 rings (SSSR count). The molecule has 0 amide bonds. The van der Waals surface area contributed by atoms with Gasteiger partial charge < -0.3 is 9.47 Å². The average molecular weight is 448 g/mol. The summed E-state index contributed by atoms with van der Waals surface area (Å²) in [6.07, 6.45) is 0.344. The van der Waals surface area contributed by atoms with E-state index in [0.29, 0.717) is 12.2 Å². The van der Waals surface area contributed by atoms with Crippen molar-refractivity contribution in [1.29, 1.82) is 0 Å². The second kappa shape index (κ2) is 10.3. The molecule has 0 aliphatic rings. The van der Waals surface area contributed by atoms with Crippen molar-refractivity contribution >= 4 is 16.0 Å². The van der Waals surface area contributed by atoms with Crippen molar-refractivity contribution in [3.63, 3.8) is 0 Å². The number of benzene rings is 2. The Bertz CT molecular complexity index is 948. The van der Waals surface area contributed by atoms with Gasteiger partial charge in [-0.3, -0.25) is 4.79 Å². The number of nitrogens with zero attached hydrogens (tertiary/aromatic N) is 1. The summed E-state index contributed by atoms with van der Waals surface area (Å²) >= 11 is 0. The van der Waals surface area contributed by atoms with E-state index in [4.69, 9.17) is 9.47 Å². The van der Waals surface area contributed by atoms with Crippen LogP contribution in [0.4, 0.5) is 0 Å². The smallest absolute Gasteiger partial charge is 0.325 e. The summed E-state index contributed by atoms with van der Waals surface area (Å²) in [5.74, 6) is 0.0931. The maximum atomic E-state index is 13.7. The van der Waals surface area contributed by atoms with Crippen LogP contribution in [0.3, 0.4) is 0 Å². The zero-order valence-corrected chi connectivity index (χ0v) is 20.0. The minimum atomic E-state index is -3.99. The molecule has 170 valence electrons. The minimum Gasteiger partial charge on any atom is -0.497 e. The fourth-order valence-corrected chi connectivity index (χ4v) is 4.73.